The number of benzene rings is 1. The van der Waals surface area contributed by atoms with E-state index in [1.807, 2.05) is 36.5 Å². The van der Waals surface area contributed by atoms with Crippen LogP contribution in [0.25, 0.3) is 17.1 Å². The Morgan fingerprint density at radius 1 is 1.16 bits per heavy atom. The van der Waals surface area contributed by atoms with E-state index in [0.29, 0.717) is 0 Å². The number of hydroxylamine groups is 1. The van der Waals surface area contributed by atoms with Crippen molar-refractivity contribution < 1.29 is 10.0 Å². The Bertz CT molecular complexity index is 869. The van der Waals surface area contributed by atoms with E-state index in [2.05, 4.69) is 27.4 Å². The van der Waals surface area contributed by atoms with E-state index in [0.717, 1.165) is 47.4 Å². The smallest absolute Gasteiger partial charge is 0.267 e. The maximum absolute atomic E-state index is 10.9. The molecule has 0 saturated heterocycles. The molecule has 0 aliphatic carbocycles. The van der Waals surface area contributed by atoms with Gasteiger partial charge in [-0.05, 0) is 35.4 Å². The molecule has 4 N–H and O–H groups in total. The Morgan fingerprint density at radius 2 is 2.00 bits per heavy atom. The molecule has 0 bridgehead atoms. The van der Waals surface area contributed by atoms with Gasteiger partial charge in [0.2, 0.25) is 0 Å². The van der Waals surface area contributed by atoms with Crippen LogP contribution in [0.3, 0.4) is 0 Å². The molecule has 6 heteroatoms. The molecule has 0 aliphatic heterocycles. The number of hydrogen-bond acceptors (Lipinski definition) is 4. The van der Waals surface area contributed by atoms with Crippen molar-refractivity contribution in [2.45, 2.75) is 13.0 Å². The van der Waals surface area contributed by atoms with Crippen LogP contribution < -0.4 is 10.8 Å². The molecule has 3 aromatic rings. The highest BCUT2D eigenvalue weighted by Gasteiger charge is 2.00. The molecule has 1 amide bonds. The van der Waals surface area contributed by atoms with Crippen molar-refractivity contribution in [1.29, 1.82) is 0 Å². The molecule has 0 unspecified atom stereocenters. The molecule has 0 atom stereocenters. The number of nitrogens with zero attached hydrogens (tertiary/aromatic N) is 1. The molecular weight excluding hydrogens is 316 g/mol. The Labute approximate surface area is 145 Å². The number of H-pyrrole nitrogens is 1. The summed E-state index contributed by atoms with van der Waals surface area (Å²) in [6.45, 7) is 1.61. The third-order valence-electron chi connectivity index (χ3n) is 3.87. The number of hydrogen-bond donors (Lipinski definition) is 4. The zero-order valence-electron chi connectivity index (χ0n) is 13.7. The van der Waals surface area contributed by atoms with Gasteiger partial charge in [0.05, 0.1) is 0 Å². The zero-order chi connectivity index (χ0) is 17.5. The minimum Gasteiger partial charge on any atom is -0.346 e. The fourth-order valence-electron chi connectivity index (χ4n) is 2.52. The summed E-state index contributed by atoms with van der Waals surface area (Å²) < 4.78 is 0. The van der Waals surface area contributed by atoms with Gasteiger partial charge in [-0.15, -0.1) is 0 Å². The monoisotopic (exact) mass is 336 g/mol. The van der Waals surface area contributed by atoms with Crippen molar-refractivity contribution in [3.8, 4) is 0 Å². The lowest BCUT2D eigenvalue weighted by Gasteiger charge is -2.05. The Balaban J connectivity index is 1.45. The highest BCUT2D eigenvalue weighted by molar-refractivity contribution is 5.90. The molecule has 128 valence electrons. The number of fused-ring (bicyclic) bond motifs is 1. The number of amides is 1. The van der Waals surface area contributed by atoms with E-state index in [-0.39, 0.29) is 0 Å². The van der Waals surface area contributed by atoms with Gasteiger partial charge >= 0.3 is 0 Å². The lowest BCUT2D eigenvalue weighted by molar-refractivity contribution is -0.124. The van der Waals surface area contributed by atoms with Gasteiger partial charge in [0.15, 0.2) is 0 Å². The summed E-state index contributed by atoms with van der Waals surface area (Å²) in [6.07, 6.45) is 5.69. The molecule has 2 aromatic heterocycles. The van der Waals surface area contributed by atoms with Crippen molar-refractivity contribution in [3.63, 3.8) is 0 Å². The molecule has 6 nitrogen and oxygen atoms in total. The average Bonchev–Trinajstić information content (AvgIpc) is 3.12. The normalized spacial score (nSPS) is 11.2. The van der Waals surface area contributed by atoms with Gasteiger partial charge in [0.1, 0.15) is 5.65 Å². The van der Waals surface area contributed by atoms with Crippen molar-refractivity contribution in [3.05, 3.63) is 71.6 Å². The first-order valence-electron chi connectivity index (χ1n) is 8.09. The molecule has 0 spiro atoms. The largest absolute Gasteiger partial charge is 0.346 e. The van der Waals surface area contributed by atoms with Gasteiger partial charge < -0.3 is 10.3 Å². The second kappa shape index (κ2) is 8.23. The van der Waals surface area contributed by atoms with Gasteiger partial charge in [0, 0.05) is 42.9 Å². The van der Waals surface area contributed by atoms with E-state index >= 15 is 0 Å². The maximum atomic E-state index is 10.9. The first-order valence-corrected chi connectivity index (χ1v) is 8.09. The van der Waals surface area contributed by atoms with Crippen LogP contribution in [-0.4, -0.2) is 27.6 Å². The Kier molecular flexibility index (Phi) is 5.56. The number of nitrogens with one attached hydrogen (secondary N) is 3. The quantitative estimate of drug-likeness (QED) is 0.231. The molecule has 3 rings (SSSR count). The first kappa shape index (κ1) is 16.9. The summed E-state index contributed by atoms with van der Waals surface area (Å²) in [4.78, 5) is 18.6. The highest BCUT2D eigenvalue weighted by atomic mass is 16.5. The van der Waals surface area contributed by atoms with Crippen molar-refractivity contribution in [2.75, 3.05) is 6.54 Å². The summed E-state index contributed by atoms with van der Waals surface area (Å²) in [5, 5.41) is 13.0. The van der Waals surface area contributed by atoms with Gasteiger partial charge in [-0.2, -0.15) is 0 Å². The number of carbonyl (C=O) groups is 1. The summed E-state index contributed by atoms with van der Waals surface area (Å²) in [7, 11) is 0. The van der Waals surface area contributed by atoms with Crippen LogP contribution in [0.5, 0.6) is 0 Å². The summed E-state index contributed by atoms with van der Waals surface area (Å²) in [6, 6.07) is 14.0. The Morgan fingerprint density at radius 3 is 2.80 bits per heavy atom. The number of aromatic amines is 1. The molecule has 0 fully saturated rings. The lowest BCUT2D eigenvalue weighted by Crippen LogP contribution is -2.17. The predicted molar refractivity (Wildman–Crippen MR) is 96.9 cm³/mol. The molecule has 2 heterocycles. The molecule has 0 aliphatic rings. The van der Waals surface area contributed by atoms with E-state index in [1.54, 1.807) is 11.6 Å². The third kappa shape index (κ3) is 4.76. The lowest BCUT2D eigenvalue weighted by atomic mass is 10.1. The van der Waals surface area contributed by atoms with Crippen LogP contribution in [0.2, 0.25) is 0 Å². The van der Waals surface area contributed by atoms with Gasteiger partial charge in [0.25, 0.3) is 5.91 Å². The van der Waals surface area contributed by atoms with E-state index in [1.165, 1.54) is 6.08 Å². The minimum atomic E-state index is -0.545. The standard InChI is InChI=1S/C19H20N4O2/c24-18(23-25)8-5-14-1-3-15(4-2-14)13-20-11-10-17-7-6-16-9-12-21-19(16)22-17/h1-9,12,20,25H,10-11,13H2,(H,21,22)(H,23,24)/b8-5+. The summed E-state index contributed by atoms with van der Waals surface area (Å²) in [5.74, 6) is -0.545. The van der Waals surface area contributed by atoms with E-state index in [4.69, 9.17) is 5.21 Å². The van der Waals surface area contributed by atoms with Crippen LogP contribution in [0.4, 0.5) is 0 Å². The van der Waals surface area contributed by atoms with Gasteiger partial charge in [-0.3, -0.25) is 10.0 Å². The van der Waals surface area contributed by atoms with Crippen LogP contribution >= 0.6 is 0 Å². The molecule has 0 radical (unpaired) electrons. The second-order valence-corrected chi connectivity index (χ2v) is 5.70. The molecule has 0 saturated carbocycles. The number of aromatic nitrogens is 2. The summed E-state index contributed by atoms with van der Waals surface area (Å²) in [5.41, 5.74) is 5.61. The van der Waals surface area contributed by atoms with E-state index < -0.39 is 5.91 Å². The number of carbonyl (C=O) groups excluding carboxylic acids is 1. The summed E-state index contributed by atoms with van der Waals surface area (Å²) >= 11 is 0. The molecular formula is C19H20N4O2. The zero-order valence-corrected chi connectivity index (χ0v) is 13.7. The van der Waals surface area contributed by atoms with Gasteiger partial charge in [-0.25, -0.2) is 10.5 Å². The number of rotatable bonds is 7. The van der Waals surface area contributed by atoms with Crippen LogP contribution in [0.1, 0.15) is 16.8 Å². The Hall–Kier alpha value is -2.96. The predicted octanol–water partition coefficient (Wildman–Crippen LogP) is 2.41. The van der Waals surface area contributed by atoms with Crippen LogP contribution in [-0.2, 0) is 17.8 Å². The topological polar surface area (TPSA) is 90.0 Å². The third-order valence-corrected chi connectivity index (χ3v) is 3.87. The average molecular weight is 336 g/mol. The minimum absolute atomic E-state index is 0.545. The highest BCUT2D eigenvalue weighted by Crippen LogP contribution is 2.10. The maximum Gasteiger partial charge on any atom is 0.267 e. The van der Waals surface area contributed by atoms with Crippen molar-refractivity contribution in [2.24, 2.45) is 0 Å². The molecule has 1 aromatic carbocycles. The van der Waals surface area contributed by atoms with Crippen molar-refractivity contribution >= 4 is 23.0 Å². The molecule has 25 heavy (non-hydrogen) atoms. The fourth-order valence-corrected chi connectivity index (χ4v) is 2.52. The second-order valence-electron chi connectivity index (χ2n) is 5.70. The van der Waals surface area contributed by atoms with E-state index in [9.17, 15) is 4.79 Å². The fraction of sp³-hybridized carbons (Fsp3) is 0.158. The first-order chi connectivity index (χ1) is 12.2. The SMILES string of the molecule is O=C(/C=C/c1ccc(CNCCc2ccc3cc[nH]c3n2)cc1)NO. The van der Waals surface area contributed by atoms with Crippen molar-refractivity contribution in [1.82, 2.24) is 20.8 Å². The number of pyridine rings is 1. The van der Waals surface area contributed by atoms with Gasteiger partial charge in [-0.1, -0.05) is 24.3 Å². The van der Waals surface area contributed by atoms with Crippen LogP contribution in [0.15, 0.2) is 54.7 Å². The van der Waals surface area contributed by atoms with Crippen LogP contribution in [0, 0.1) is 0 Å².